The summed E-state index contributed by atoms with van der Waals surface area (Å²) in [6.07, 6.45) is 2.08. The highest BCUT2D eigenvalue weighted by Gasteiger charge is 2.33. The number of benzene rings is 3. The van der Waals surface area contributed by atoms with Gasteiger partial charge in [-0.25, -0.2) is 12.8 Å². The second-order valence-corrected chi connectivity index (χ2v) is 11.2. The lowest BCUT2D eigenvalue weighted by atomic mass is 10.1. The number of hydrogen-bond acceptors (Lipinski definition) is 4. The Kier molecular flexibility index (Phi) is 10.6. The maximum atomic E-state index is 13.9. The molecule has 0 aromatic heterocycles. The van der Waals surface area contributed by atoms with Crippen molar-refractivity contribution >= 4 is 27.5 Å². The van der Waals surface area contributed by atoms with Gasteiger partial charge in [-0.3, -0.25) is 13.9 Å². The van der Waals surface area contributed by atoms with E-state index >= 15 is 0 Å². The van der Waals surface area contributed by atoms with Gasteiger partial charge in [0.1, 0.15) is 18.4 Å². The molecule has 39 heavy (non-hydrogen) atoms. The summed E-state index contributed by atoms with van der Waals surface area (Å²) in [5.41, 5.74) is 2.03. The van der Waals surface area contributed by atoms with Crippen molar-refractivity contribution in [3.05, 3.63) is 95.8 Å². The Morgan fingerprint density at radius 2 is 1.56 bits per heavy atom. The Morgan fingerprint density at radius 3 is 2.15 bits per heavy atom. The van der Waals surface area contributed by atoms with E-state index in [1.807, 2.05) is 51.1 Å². The first-order valence-electron chi connectivity index (χ1n) is 13.1. The van der Waals surface area contributed by atoms with Crippen LogP contribution in [0.15, 0.2) is 83.8 Å². The molecule has 0 heterocycles. The number of carbonyl (C=O) groups is 2. The van der Waals surface area contributed by atoms with Crippen LogP contribution in [-0.4, -0.2) is 44.3 Å². The topological polar surface area (TPSA) is 86.8 Å². The average molecular weight is 554 g/mol. The summed E-state index contributed by atoms with van der Waals surface area (Å²) in [5, 5.41) is 2.91. The average Bonchev–Trinajstić information content (AvgIpc) is 2.93. The van der Waals surface area contributed by atoms with Gasteiger partial charge >= 0.3 is 0 Å². The Hall–Kier alpha value is -3.72. The Morgan fingerprint density at radius 1 is 0.923 bits per heavy atom. The smallest absolute Gasteiger partial charge is 0.264 e. The van der Waals surface area contributed by atoms with E-state index in [2.05, 4.69) is 5.32 Å². The predicted octanol–water partition coefficient (Wildman–Crippen LogP) is 5.05. The minimum absolute atomic E-state index is 0.137. The van der Waals surface area contributed by atoms with Crippen molar-refractivity contribution in [2.24, 2.45) is 0 Å². The largest absolute Gasteiger partial charge is 0.354 e. The second kappa shape index (κ2) is 13.9. The summed E-state index contributed by atoms with van der Waals surface area (Å²) in [5.74, 6) is -1.37. The molecular weight excluding hydrogens is 517 g/mol. The molecule has 0 aliphatic heterocycles. The molecule has 1 atom stereocenters. The molecule has 9 heteroatoms. The third-order valence-electron chi connectivity index (χ3n) is 6.41. The third kappa shape index (κ3) is 7.89. The zero-order chi connectivity index (χ0) is 28.4. The van der Waals surface area contributed by atoms with Crippen LogP contribution in [0.1, 0.15) is 44.2 Å². The lowest BCUT2D eigenvalue weighted by Gasteiger charge is -2.33. The quantitative estimate of drug-likeness (QED) is 0.300. The van der Waals surface area contributed by atoms with E-state index in [1.165, 1.54) is 17.0 Å². The fourth-order valence-corrected chi connectivity index (χ4v) is 5.59. The van der Waals surface area contributed by atoms with Gasteiger partial charge in [0, 0.05) is 13.1 Å². The van der Waals surface area contributed by atoms with Crippen molar-refractivity contribution < 1.29 is 22.4 Å². The van der Waals surface area contributed by atoms with E-state index in [4.69, 9.17) is 0 Å². The minimum Gasteiger partial charge on any atom is -0.354 e. The fourth-order valence-electron chi connectivity index (χ4n) is 4.18. The molecule has 208 valence electrons. The molecule has 0 radical (unpaired) electrons. The predicted molar refractivity (Wildman–Crippen MR) is 151 cm³/mol. The summed E-state index contributed by atoms with van der Waals surface area (Å²) in [6.45, 7) is 5.82. The van der Waals surface area contributed by atoms with Crippen molar-refractivity contribution in [1.29, 1.82) is 0 Å². The van der Waals surface area contributed by atoms with Crippen LogP contribution < -0.4 is 9.62 Å². The highest BCUT2D eigenvalue weighted by atomic mass is 32.2. The number of unbranched alkanes of at least 4 members (excludes halogenated alkanes) is 1. The summed E-state index contributed by atoms with van der Waals surface area (Å²) in [7, 11) is -4.24. The van der Waals surface area contributed by atoms with Gasteiger partial charge in [0.25, 0.3) is 10.0 Å². The van der Waals surface area contributed by atoms with Crippen LogP contribution in [-0.2, 0) is 26.2 Å². The number of sulfonamides is 1. The third-order valence-corrected chi connectivity index (χ3v) is 8.20. The molecule has 0 aliphatic carbocycles. The van der Waals surface area contributed by atoms with E-state index in [0.717, 1.165) is 40.4 Å². The van der Waals surface area contributed by atoms with E-state index in [9.17, 15) is 22.4 Å². The lowest BCUT2D eigenvalue weighted by Crippen LogP contribution is -2.52. The van der Waals surface area contributed by atoms with Gasteiger partial charge in [-0.1, -0.05) is 68.3 Å². The standard InChI is InChI=1S/C30H36FN3O4S/c1-4-6-20-32-30(36)28(5-2)33(21-24-10-8-7-9-11-24)29(35)22-34(26-16-12-23(3)13-17-26)39(37,38)27-18-14-25(31)15-19-27/h7-19,28H,4-6,20-22H2,1-3H3,(H,32,36)/t28-/m0/s1. The maximum absolute atomic E-state index is 13.9. The molecule has 7 nitrogen and oxygen atoms in total. The summed E-state index contributed by atoms with van der Waals surface area (Å²) in [4.78, 5) is 28.4. The number of hydrogen-bond donors (Lipinski definition) is 1. The van der Waals surface area contributed by atoms with Gasteiger partial charge in [-0.15, -0.1) is 0 Å². The number of carbonyl (C=O) groups excluding carboxylic acids is 2. The van der Waals surface area contributed by atoms with E-state index in [1.54, 1.807) is 24.3 Å². The van der Waals surface area contributed by atoms with Gasteiger partial charge in [0.05, 0.1) is 10.6 Å². The van der Waals surface area contributed by atoms with Crippen LogP contribution in [0.5, 0.6) is 0 Å². The first kappa shape index (κ1) is 29.8. The molecule has 3 aromatic rings. The molecule has 1 N–H and O–H groups in total. The molecule has 0 saturated heterocycles. The summed E-state index contributed by atoms with van der Waals surface area (Å²) in [6, 6.07) is 19.7. The van der Waals surface area contributed by atoms with Gasteiger partial charge in [0.2, 0.25) is 11.8 Å². The maximum Gasteiger partial charge on any atom is 0.264 e. The molecule has 2 amide bonds. The van der Waals surface area contributed by atoms with E-state index in [0.29, 0.717) is 18.7 Å². The highest BCUT2D eigenvalue weighted by Crippen LogP contribution is 2.25. The SMILES string of the molecule is CCCCNC(=O)[C@H](CC)N(Cc1ccccc1)C(=O)CN(c1ccc(C)cc1)S(=O)(=O)c1ccc(F)cc1. The molecule has 0 bridgehead atoms. The van der Waals surface area contributed by atoms with E-state index in [-0.39, 0.29) is 17.3 Å². The number of rotatable bonds is 13. The number of aryl methyl sites for hydroxylation is 1. The molecule has 0 fully saturated rings. The van der Waals surface area contributed by atoms with Crippen molar-refractivity contribution in [3.63, 3.8) is 0 Å². The number of anilines is 1. The molecule has 3 rings (SSSR count). The molecule has 3 aromatic carbocycles. The van der Waals surface area contributed by atoms with Gasteiger partial charge in [0.15, 0.2) is 0 Å². The van der Waals surface area contributed by atoms with Crippen molar-refractivity contribution in [2.45, 2.75) is 57.5 Å². The Labute approximate surface area is 230 Å². The summed E-state index contributed by atoms with van der Waals surface area (Å²) < 4.78 is 42.1. The number of nitrogens with one attached hydrogen (secondary N) is 1. The second-order valence-electron chi connectivity index (χ2n) is 9.38. The first-order chi connectivity index (χ1) is 18.7. The zero-order valence-electron chi connectivity index (χ0n) is 22.6. The zero-order valence-corrected chi connectivity index (χ0v) is 23.5. The van der Waals surface area contributed by atoms with Crippen LogP contribution in [0.3, 0.4) is 0 Å². The molecule has 0 aliphatic rings. The normalized spacial score (nSPS) is 12.0. The number of amides is 2. The molecule has 0 unspecified atom stereocenters. The summed E-state index contributed by atoms with van der Waals surface area (Å²) >= 11 is 0. The fraction of sp³-hybridized carbons (Fsp3) is 0.333. The lowest BCUT2D eigenvalue weighted by molar-refractivity contribution is -0.140. The Bertz CT molecular complexity index is 1330. The van der Waals surface area contributed by atoms with Crippen LogP contribution in [0.2, 0.25) is 0 Å². The molecule has 0 saturated carbocycles. The Balaban J connectivity index is 2.01. The van der Waals surface area contributed by atoms with Gasteiger partial charge in [-0.05, 0) is 61.7 Å². The van der Waals surface area contributed by atoms with Gasteiger partial charge < -0.3 is 10.2 Å². The van der Waals surface area contributed by atoms with Crippen LogP contribution in [0.25, 0.3) is 0 Å². The number of halogens is 1. The van der Waals surface area contributed by atoms with Crippen LogP contribution in [0, 0.1) is 12.7 Å². The molecular formula is C30H36FN3O4S. The van der Waals surface area contributed by atoms with E-state index < -0.39 is 34.3 Å². The number of nitrogens with zero attached hydrogens (tertiary/aromatic N) is 2. The van der Waals surface area contributed by atoms with Crippen LogP contribution in [0.4, 0.5) is 10.1 Å². The van der Waals surface area contributed by atoms with Crippen molar-refractivity contribution in [1.82, 2.24) is 10.2 Å². The monoisotopic (exact) mass is 553 g/mol. The first-order valence-corrected chi connectivity index (χ1v) is 14.6. The highest BCUT2D eigenvalue weighted by molar-refractivity contribution is 7.92. The van der Waals surface area contributed by atoms with Gasteiger partial charge in [-0.2, -0.15) is 0 Å². The molecule has 0 spiro atoms. The minimum atomic E-state index is -4.24. The van der Waals surface area contributed by atoms with Crippen LogP contribution >= 0.6 is 0 Å². The van der Waals surface area contributed by atoms with Crippen molar-refractivity contribution in [2.75, 3.05) is 17.4 Å². The van der Waals surface area contributed by atoms with Crippen molar-refractivity contribution in [3.8, 4) is 0 Å².